The van der Waals surface area contributed by atoms with Crippen molar-refractivity contribution in [3.63, 3.8) is 0 Å². The van der Waals surface area contributed by atoms with Crippen molar-refractivity contribution in [3.8, 4) is 5.75 Å². The molecule has 304 valence electrons. The molecule has 1 saturated heterocycles. The number of hydrogen-bond acceptors (Lipinski definition) is 10. The molecule has 15 nitrogen and oxygen atoms in total. The molecule has 1 fully saturated rings. The van der Waals surface area contributed by atoms with E-state index in [-0.39, 0.29) is 54.0 Å². The molecular formula is C43H49N7O8. The quantitative estimate of drug-likeness (QED) is 0.110. The summed E-state index contributed by atoms with van der Waals surface area (Å²) in [7, 11) is 1.58. The zero-order valence-corrected chi connectivity index (χ0v) is 32.8. The summed E-state index contributed by atoms with van der Waals surface area (Å²) in [5.74, 6) is -3.22. The van der Waals surface area contributed by atoms with Crippen molar-refractivity contribution in [3.05, 3.63) is 94.2 Å². The molecule has 2 aromatic rings. The van der Waals surface area contributed by atoms with Crippen molar-refractivity contribution in [2.75, 3.05) is 32.1 Å². The maximum atomic E-state index is 13.2. The van der Waals surface area contributed by atoms with Crippen LogP contribution in [0, 0.1) is 0 Å². The molecule has 3 aliphatic heterocycles. The van der Waals surface area contributed by atoms with Crippen LogP contribution in [0.15, 0.2) is 88.1 Å². The van der Waals surface area contributed by atoms with Crippen LogP contribution >= 0.6 is 0 Å². The van der Waals surface area contributed by atoms with Gasteiger partial charge in [0.2, 0.25) is 11.8 Å². The van der Waals surface area contributed by atoms with Crippen LogP contribution in [0.5, 0.6) is 5.75 Å². The molecule has 0 saturated carbocycles. The van der Waals surface area contributed by atoms with E-state index < -0.39 is 35.2 Å². The molecule has 0 bridgehead atoms. The molecule has 6 rings (SSSR count). The number of para-hydroxylation sites is 1. The van der Waals surface area contributed by atoms with E-state index in [1.165, 1.54) is 12.1 Å². The van der Waals surface area contributed by atoms with Crippen molar-refractivity contribution in [1.82, 2.24) is 26.2 Å². The molecule has 2 aromatic carbocycles. The Bertz CT molecular complexity index is 2110. The minimum Gasteiger partial charge on any atom is -0.483 e. The Labute approximate surface area is 336 Å². The molecule has 3 heterocycles. The maximum absolute atomic E-state index is 13.2. The van der Waals surface area contributed by atoms with E-state index in [0.717, 1.165) is 61.1 Å². The van der Waals surface area contributed by atoms with E-state index >= 15 is 0 Å². The summed E-state index contributed by atoms with van der Waals surface area (Å²) >= 11 is 0. The second-order valence-electron chi connectivity index (χ2n) is 14.8. The number of nitrogens with one attached hydrogen (secondary N) is 5. The summed E-state index contributed by atoms with van der Waals surface area (Å²) in [4.78, 5) is 94.2. The Kier molecular flexibility index (Phi) is 13.3. The number of unbranched alkanes of at least 4 members (excludes halogenated alkanes) is 6. The van der Waals surface area contributed by atoms with Gasteiger partial charge < -0.3 is 26.0 Å². The fraction of sp³-hybridized carbons (Fsp3) is 0.395. The molecule has 15 heteroatoms. The third-order valence-electron chi connectivity index (χ3n) is 10.6. The Morgan fingerprint density at radius 1 is 0.879 bits per heavy atom. The molecular weight excluding hydrogens is 743 g/mol. The Morgan fingerprint density at radius 3 is 2.29 bits per heavy atom. The maximum Gasteiger partial charge on any atom is 0.266 e. The van der Waals surface area contributed by atoms with Crippen LogP contribution < -0.4 is 31.3 Å². The van der Waals surface area contributed by atoms with Gasteiger partial charge in [-0.2, -0.15) is 0 Å². The summed E-state index contributed by atoms with van der Waals surface area (Å²) < 4.78 is 5.64. The largest absolute Gasteiger partial charge is 0.483 e. The molecule has 1 aliphatic carbocycles. The average molecular weight is 792 g/mol. The predicted molar refractivity (Wildman–Crippen MR) is 216 cm³/mol. The average Bonchev–Trinajstić information content (AvgIpc) is 3.47. The molecule has 2 unspecified atom stereocenters. The van der Waals surface area contributed by atoms with Gasteiger partial charge in [0.1, 0.15) is 11.8 Å². The molecule has 0 radical (unpaired) electrons. The van der Waals surface area contributed by atoms with Gasteiger partial charge in [-0.05, 0) is 62.9 Å². The fourth-order valence-corrected chi connectivity index (χ4v) is 7.40. The number of piperidine rings is 1. The number of amides is 7. The molecule has 0 spiro atoms. The number of nitrogens with zero attached hydrogens (tertiary/aromatic N) is 2. The fourth-order valence-electron chi connectivity index (χ4n) is 7.40. The highest BCUT2D eigenvalue weighted by molar-refractivity contribution is 6.24. The minimum absolute atomic E-state index is 0.00340. The van der Waals surface area contributed by atoms with Gasteiger partial charge in [-0.15, -0.1) is 0 Å². The van der Waals surface area contributed by atoms with Gasteiger partial charge in [0.15, 0.2) is 6.61 Å². The third-order valence-corrected chi connectivity index (χ3v) is 10.6. The first-order valence-corrected chi connectivity index (χ1v) is 19.8. The van der Waals surface area contributed by atoms with Gasteiger partial charge >= 0.3 is 0 Å². The zero-order chi connectivity index (χ0) is 41.2. The first-order chi connectivity index (χ1) is 28.0. The number of imide groups is 2. The lowest BCUT2D eigenvalue weighted by atomic mass is 9.78. The summed E-state index contributed by atoms with van der Waals surface area (Å²) in [5.41, 5.74) is 2.65. The second kappa shape index (κ2) is 18.7. The second-order valence-corrected chi connectivity index (χ2v) is 14.8. The summed E-state index contributed by atoms with van der Waals surface area (Å²) in [6, 6.07) is 13.0. The highest BCUT2D eigenvalue weighted by Crippen LogP contribution is 2.40. The van der Waals surface area contributed by atoms with Crippen LogP contribution in [0.3, 0.4) is 0 Å². The molecule has 58 heavy (non-hydrogen) atoms. The number of dihydropyridines is 1. The monoisotopic (exact) mass is 791 g/mol. The Hall–Kier alpha value is -6.38. The SMILES string of the molecule is CNC(=O)C1=C(Nc2ccccc2)C2=CC(C(=O)NCCCCCCCCCNC(=O)COc3cccc4c3C(=O)N(C3CCC(=O)NC3=O)C4=O)=CCC2(C)N=C1. The standard InChI is InChI=1S/C43H49N7O8/c1-43-21-20-27(24-31(43)37(30(25-47-43)39(54)44-2)48-28-14-9-8-10-15-28)38(53)46-23-12-7-5-3-4-6-11-22-45-35(52)26-58-33-17-13-16-29-36(33)42(57)50(41(29)56)32-18-19-34(51)49-40(32)55/h8-10,13-17,20,24-25,32,48H,3-7,11-12,18-19,21-23,26H2,1-2H3,(H,44,54)(H,45,52)(H,46,53)(H,49,51,55). The van der Waals surface area contributed by atoms with Crippen LogP contribution in [0.1, 0.15) is 91.8 Å². The van der Waals surface area contributed by atoms with Crippen molar-refractivity contribution < 1.29 is 38.3 Å². The van der Waals surface area contributed by atoms with Gasteiger partial charge in [-0.25, -0.2) is 0 Å². The number of rotatable bonds is 18. The molecule has 5 N–H and O–H groups in total. The van der Waals surface area contributed by atoms with Crippen LogP contribution in [0.4, 0.5) is 5.69 Å². The third kappa shape index (κ3) is 9.41. The van der Waals surface area contributed by atoms with Crippen LogP contribution in [0.2, 0.25) is 0 Å². The zero-order valence-electron chi connectivity index (χ0n) is 32.8. The summed E-state index contributed by atoms with van der Waals surface area (Å²) in [6.07, 6.45) is 12.5. The number of anilines is 1. The number of aliphatic imine (C=N–C) groups is 1. The van der Waals surface area contributed by atoms with Gasteiger partial charge in [-0.3, -0.25) is 48.8 Å². The van der Waals surface area contributed by atoms with Crippen molar-refractivity contribution >= 4 is 53.3 Å². The molecule has 4 aliphatic rings. The van der Waals surface area contributed by atoms with Crippen molar-refractivity contribution in [1.29, 1.82) is 0 Å². The summed E-state index contributed by atoms with van der Waals surface area (Å²) in [5, 5.41) is 14.1. The smallest absolute Gasteiger partial charge is 0.266 e. The van der Waals surface area contributed by atoms with E-state index in [1.807, 2.05) is 49.4 Å². The highest BCUT2D eigenvalue weighted by atomic mass is 16.5. The number of ether oxygens (including phenoxy) is 1. The van der Waals surface area contributed by atoms with E-state index in [1.54, 1.807) is 19.3 Å². The van der Waals surface area contributed by atoms with E-state index in [2.05, 4.69) is 26.6 Å². The number of carbonyl (C=O) groups excluding carboxylic acids is 7. The first kappa shape index (κ1) is 41.3. The molecule has 0 aromatic heterocycles. The van der Waals surface area contributed by atoms with E-state index in [9.17, 15) is 33.6 Å². The van der Waals surface area contributed by atoms with E-state index in [0.29, 0.717) is 36.4 Å². The number of carbonyl (C=O) groups is 7. The normalized spacial score (nSPS) is 19.8. The van der Waals surface area contributed by atoms with Gasteiger partial charge in [0.25, 0.3) is 29.5 Å². The Morgan fingerprint density at radius 2 is 1.59 bits per heavy atom. The highest BCUT2D eigenvalue weighted by Gasteiger charge is 2.46. The number of hydrogen-bond donors (Lipinski definition) is 5. The topological polar surface area (TPSA) is 204 Å². The van der Waals surface area contributed by atoms with Crippen molar-refractivity contribution in [2.24, 2.45) is 4.99 Å². The lowest BCUT2D eigenvalue weighted by Gasteiger charge is -2.36. The predicted octanol–water partition coefficient (Wildman–Crippen LogP) is 3.64. The number of fused-ring (bicyclic) bond motifs is 2. The van der Waals surface area contributed by atoms with Crippen LogP contribution in [-0.2, 0) is 24.0 Å². The summed E-state index contributed by atoms with van der Waals surface area (Å²) in [6.45, 7) is 2.66. The van der Waals surface area contributed by atoms with Gasteiger partial charge in [-0.1, -0.05) is 62.4 Å². The van der Waals surface area contributed by atoms with Crippen LogP contribution in [0.25, 0.3) is 0 Å². The van der Waals surface area contributed by atoms with Gasteiger partial charge in [0, 0.05) is 49.6 Å². The number of likely N-dealkylation sites (N-methyl/N-ethyl adjacent to an activating group) is 1. The molecule has 7 amide bonds. The molecule has 2 atom stereocenters. The van der Waals surface area contributed by atoms with E-state index in [4.69, 9.17) is 9.73 Å². The number of benzene rings is 2. The van der Waals surface area contributed by atoms with Crippen molar-refractivity contribution in [2.45, 2.75) is 82.7 Å². The minimum atomic E-state index is -1.09. The Balaban J connectivity index is 0.858. The van der Waals surface area contributed by atoms with Crippen LogP contribution in [-0.4, -0.2) is 90.8 Å². The lowest BCUT2D eigenvalue weighted by Crippen LogP contribution is -2.54. The van der Waals surface area contributed by atoms with Gasteiger partial charge in [0.05, 0.1) is 27.9 Å². The first-order valence-electron chi connectivity index (χ1n) is 19.8. The lowest BCUT2D eigenvalue weighted by molar-refractivity contribution is -0.136.